The van der Waals surface area contributed by atoms with Gasteiger partial charge in [0.25, 0.3) is 0 Å². The lowest BCUT2D eigenvalue weighted by molar-refractivity contribution is 0.297. The Morgan fingerprint density at radius 3 is 2.68 bits per heavy atom. The fraction of sp³-hybridized carbons (Fsp3) is 0.278. The fourth-order valence-electron chi connectivity index (χ4n) is 2.51. The molecule has 0 fully saturated rings. The molecule has 0 saturated heterocycles. The van der Waals surface area contributed by atoms with Gasteiger partial charge in [-0.3, -0.25) is 4.99 Å². The number of aliphatic imine (C=N–C) groups is 1. The molecule has 0 bridgehead atoms. The van der Waals surface area contributed by atoms with Crippen LogP contribution >= 0.6 is 0 Å². The van der Waals surface area contributed by atoms with E-state index >= 15 is 0 Å². The molecule has 0 atom stereocenters. The maximum Gasteiger partial charge on any atom is 0.172 e. The molecule has 0 amide bonds. The van der Waals surface area contributed by atoms with Crippen molar-refractivity contribution in [3.8, 4) is 11.5 Å². The van der Waals surface area contributed by atoms with Gasteiger partial charge in [-0.05, 0) is 17.7 Å². The average molecular weight is 296 g/mol. The van der Waals surface area contributed by atoms with E-state index in [0.717, 1.165) is 42.4 Å². The number of nitrogens with zero attached hydrogens (tertiary/aromatic N) is 1. The van der Waals surface area contributed by atoms with Gasteiger partial charge in [0, 0.05) is 13.0 Å². The van der Waals surface area contributed by atoms with Crippen molar-refractivity contribution >= 4 is 5.84 Å². The molecule has 1 N–H and O–H groups in total. The zero-order valence-corrected chi connectivity index (χ0v) is 12.7. The summed E-state index contributed by atoms with van der Waals surface area (Å²) in [5.41, 5.74) is 2.22. The molecule has 2 aromatic rings. The van der Waals surface area contributed by atoms with Crippen molar-refractivity contribution < 1.29 is 9.47 Å². The number of rotatable bonds is 6. The van der Waals surface area contributed by atoms with Crippen molar-refractivity contribution in [2.45, 2.75) is 6.42 Å². The summed E-state index contributed by atoms with van der Waals surface area (Å²) >= 11 is 0. The van der Waals surface area contributed by atoms with Gasteiger partial charge in [-0.1, -0.05) is 36.4 Å². The third kappa shape index (κ3) is 3.22. The van der Waals surface area contributed by atoms with Crippen molar-refractivity contribution in [1.82, 2.24) is 5.32 Å². The first-order chi connectivity index (χ1) is 10.9. The molecule has 1 aliphatic heterocycles. The normalized spacial score (nSPS) is 13.4. The molecular formula is C18H20N2O2. The number of nitrogens with one attached hydrogen (secondary N) is 1. The van der Waals surface area contributed by atoms with Gasteiger partial charge in [0.2, 0.25) is 0 Å². The Morgan fingerprint density at radius 1 is 1.09 bits per heavy atom. The molecule has 0 radical (unpaired) electrons. The van der Waals surface area contributed by atoms with Gasteiger partial charge in [0.05, 0.1) is 25.8 Å². The molecule has 1 aliphatic rings. The minimum absolute atomic E-state index is 0.602. The average Bonchev–Trinajstić information content (AvgIpc) is 3.10. The van der Waals surface area contributed by atoms with Gasteiger partial charge in [0.1, 0.15) is 5.84 Å². The zero-order valence-electron chi connectivity index (χ0n) is 12.7. The van der Waals surface area contributed by atoms with Gasteiger partial charge in [0.15, 0.2) is 11.5 Å². The largest absolute Gasteiger partial charge is 0.493 e. The lowest BCUT2D eigenvalue weighted by Gasteiger charge is -2.15. The van der Waals surface area contributed by atoms with Crippen LogP contribution in [0.3, 0.4) is 0 Å². The summed E-state index contributed by atoms with van der Waals surface area (Å²) in [6.07, 6.45) is 0.859. The highest BCUT2D eigenvalue weighted by atomic mass is 16.5. The minimum atomic E-state index is 0.602. The number of hydrogen-bond acceptors (Lipinski definition) is 4. The Kier molecular flexibility index (Phi) is 4.59. The first-order valence-electron chi connectivity index (χ1n) is 7.51. The lowest BCUT2D eigenvalue weighted by Crippen LogP contribution is -2.20. The second kappa shape index (κ2) is 6.98. The van der Waals surface area contributed by atoms with E-state index in [1.807, 2.05) is 36.4 Å². The third-order valence-corrected chi connectivity index (χ3v) is 3.61. The fourth-order valence-corrected chi connectivity index (χ4v) is 2.51. The second-order valence-corrected chi connectivity index (χ2v) is 5.08. The van der Waals surface area contributed by atoms with E-state index in [1.165, 1.54) is 5.56 Å². The maximum atomic E-state index is 6.03. The van der Waals surface area contributed by atoms with Crippen LogP contribution in [0.1, 0.15) is 11.1 Å². The highest BCUT2D eigenvalue weighted by molar-refractivity contribution is 6.02. The molecule has 1 heterocycles. The summed E-state index contributed by atoms with van der Waals surface area (Å²) in [6.45, 7) is 2.27. The van der Waals surface area contributed by atoms with Crippen LogP contribution in [0, 0.1) is 0 Å². The minimum Gasteiger partial charge on any atom is -0.493 e. The Morgan fingerprint density at radius 2 is 1.95 bits per heavy atom. The van der Waals surface area contributed by atoms with E-state index in [2.05, 4.69) is 22.4 Å². The van der Waals surface area contributed by atoms with Gasteiger partial charge >= 0.3 is 0 Å². The Hall–Kier alpha value is -2.49. The van der Waals surface area contributed by atoms with Crippen molar-refractivity contribution in [3.63, 3.8) is 0 Å². The van der Waals surface area contributed by atoms with E-state index < -0.39 is 0 Å². The predicted octanol–water partition coefficient (Wildman–Crippen LogP) is 2.67. The smallest absolute Gasteiger partial charge is 0.172 e. The van der Waals surface area contributed by atoms with Crippen molar-refractivity contribution in [3.05, 3.63) is 59.7 Å². The molecular weight excluding hydrogens is 276 g/mol. The van der Waals surface area contributed by atoms with Crippen LogP contribution < -0.4 is 14.8 Å². The summed E-state index contributed by atoms with van der Waals surface area (Å²) < 4.78 is 11.5. The van der Waals surface area contributed by atoms with Crippen LogP contribution in [-0.4, -0.2) is 32.6 Å². The summed E-state index contributed by atoms with van der Waals surface area (Å²) in [5.74, 6) is 2.38. The van der Waals surface area contributed by atoms with E-state index in [1.54, 1.807) is 7.11 Å². The van der Waals surface area contributed by atoms with Gasteiger partial charge in [-0.2, -0.15) is 0 Å². The topological polar surface area (TPSA) is 42.8 Å². The van der Waals surface area contributed by atoms with Crippen LogP contribution in [-0.2, 0) is 6.42 Å². The monoisotopic (exact) mass is 296 g/mol. The lowest BCUT2D eigenvalue weighted by atomic mass is 10.1. The third-order valence-electron chi connectivity index (χ3n) is 3.61. The zero-order chi connectivity index (χ0) is 15.2. The SMILES string of the molecule is COc1cccc(C2=NCCN2)c1OCCc1ccccc1. The highest BCUT2D eigenvalue weighted by Gasteiger charge is 2.17. The first kappa shape index (κ1) is 14.4. The first-order valence-corrected chi connectivity index (χ1v) is 7.51. The predicted molar refractivity (Wildman–Crippen MR) is 88.0 cm³/mol. The Labute approximate surface area is 130 Å². The molecule has 0 aromatic heterocycles. The van der Waals surface area contributed by atoms with Crippen LogP contribution in [0.2, 0.25) is 0 Å². The number of hydrogen-bond donors (Lipinski definition) is 1. The summed E-state index contributed by atoms with van der Waals surface area (Å²) in [4.78, 5) is 4.48. The van der Waals surface area contributed by atoms with Crippen LogP contribution in [0.4, 0.5) is 0 Å². The molecule has 2 aromatic carbocycles. The van der Waals surface area contributed by atoms with Gasteiger partial charge in [-0.25, -0.2) is 0 Å². The molecule has 4 heteroatoms. The summed E-state index contributed by atoms with van der Waals surface area (Å²) in [7, 11) is 1.66. The molecule has 0 saturated carbocycles. The van der Waals surface area contributed by atoms with Gasteiger partial charge in [-0.15, -0.1) is 0 Å². The van der Waals surface area contributed by atoms with E-state index in [0.29, 0.717) is 6.61 Å². The number of para-hydroxylation sites is 1. The standard InChI is InChI=1S/C18H20N2O2/c1-21-16-9-5-8-15(18-19-11-12-20-18)17(16)22-13-10-14-6-3-2-4-7-14/h2-9H,10-13H2,1H3,(H,19,20). The van der Waals surface area contributed by atoms with Crippen molar-refractivity contribution in [2.75, 3.05) is 26.8 Å². The van der Waals surface area contributed by atoms with Crippen LogP contribution in [0.25, 0.3) is 0 Å². The van der Waals surface area contributed by atoms with E-state index in [9.17, 15) is 0 Å². The van der Waals surface area contributed by atoms with Crippen LogP contribution in [0.15, 0.2) is 53.5 Å². The molecule has 3 rings (SSSR count). The summed E-state index contributed by atoms with van der Waals surface area (Å²) in [5, 5.41) is 3.29. The summed E-state index contributed by atoms with van der Waals surface area (Å²) in [6, 6.07) is 16.2. The molecule has 0 spiro atoms. The van der Waals surface area contributed by atoms with Crippen LogP contribution in [0.5, 0.6) is 11.5 Å². The Balaban J connectivity index is 1.76. The molecule has 22 heavy (non-hydrogen) atoms. The number of benzene rings is 2. The molecule has 114 valence electrons. The molecule has 4 nitrogen and oxygen atoms in total. The number of methoxy groups -OCH3 is 1. The Bertz CT molecular complexity index is 653. The highest BCUT2D eigenvalue weighted by Crippen LogP contribution is 2.31. The van der Waals surface area contributed by atoms with Gasteiger partial charge < -0.3 is 14.8 Å². The number of amidine groups is 1. The molecule has 0 aliphatic carbocycles. The molecule has 0 unspecified atom stereocenters. The van der Waals surface area contributed by atoms with Crippen molar-refractivity contribution in [1.29, 1.82) is 0 Å². The maximum absolute atomic E-state index is 6.03. The quantitative estimate of drug-likeness (QED) is 0.891. The number of ether oxygens (including phenoxy) is 2. The van der Waals surface area contributed by atoms with Crippen molar-refractivity contribution in [2.24, 2.45) is 4.99 Å². The second-order valence-electron chi connectivity index (χ2n) is 5.08. The van der Waals surface area contributed by atoms with E-state index in [4.69, 9.17) is 9.47 Å². The van der Waals surface area contributed by atoms with E-state index in [-0.39, 0.29) is 0 Å².